The van der Waals surface area contributed by atoms with E-state index in [-0.39, 0.29) is 6.54 Å². The largest absolute Gasteiger partial charge is 0.367 e. The fourth-order valence-electron chi connectivity index (χ4n) is 2.04. The summed E-state index contributed by atoms with van der Waals surface area (Å²) in [7, 11) is -3.55. The number of nitrogens with two attached hydrogens (primary N) is 1. The van der Waals surface area contributed by atoms with E-state index >= 15 is 0 Å². The van der Waals surface area contributed by atoms with Gasteiger partial charge in [0.1, 0.15) is 10.6 Å². The highest BCUT2D eigenvalue weighted by atomic mass is 35.5. The van der Waals surface area contributed by atoms with Gasteiger partial charge in [0, 0.05) is 12.7 Å². The number of aromatic nitrogens is 1. The molecule has 0 bridgehead atoms. The zero-order chi connectivity index (χ0) is 13.4. The summed E-state index contributed by atoms with van der Waals surface area (Å²) in [4.78, 5) is 4.10. The Morgan fingerprint density at radius 1 is 1.56 bits per heavy atom. The van der Waals surface area contributed by atoms with Crippen molar-refractivity contribution in [2.24, 2.45) is 5.14 Å². The minimum Gasteiger partial charge on any atom is -0.367 e. The number of hydrogen-bond acceptors (Lipinski definition) is 4. The molecule has 1 heterocycles. The van der Waals surface area contributed by atoms with Crippen molar-refractivity contribution in [3.05, 3.63) is 22.8 Å². The first-order chi connectivity index (χ1) is 8.36. The maximum Gasteiger partial charge on any atom is 0.216 e. The lowest BCUT2D eigenvalue weighted by molar-refractivity contribution is 0.351. The highest BCUT2D eigenvalue weighted by Crippen LogP contribution is 2.38. The lowest BCUT2D eigenvalue weighted by Gasteiger charge is -2.39. The van der Waals surface area contributed by atoms with Crippen molar-refractivity contribution in [3.8, 4) is 0 Å². The number of aryl methyl sites for hydroxylation is 1. The summed E-state index contributed by atoms with van der Waals surface area (Å²) in [6, 6.07) is 1.80. The normalized spacial score (nSPS) is 18.2. The van der Waals surface area contributed by atoms with Gasteiger partial charge in [-0.1, -0.05) is 18.0 Å². The Kier molecular flexibility index (Phi) is 3.53. The zero-order valence-corrected chi connectivity index (χ0v) is 11.7. The lowest BCUT2D eigenvalue weighted by atomic mass is 9.84. The second-order valence-electron chi connectivity index (χ2n) is 4.73. The quantitative estimate of drug-likeness (QED) is 0.883. The maximum atomic E-state index is 11.6. The third kappa shape index (κ3) is 2.32. The first-order valence-electron chi connectivity index (χ1n) is 5.73. The van der Waals surface area contributed by atoms with Crippen LogP contribution in [0.4, 0.5) is 5.82 Å². The van der Waals surface area contributed by atoms with Crippen LogP contribution in [0.5, 0.6) is 0 Å². The summed E-state index contributed by atoms with van der Waals surface area (Å²) >= 11 is 6.09. The summed E-state index contributed by atoms with van der Waals surface area (Å²) in [5.74, 6) is 0.506. The predicted octanol–water partition coefficient (Wildman–Crippen LogP) is 1.67. The van der Waals surface area contributed by atoms with E-state index in [4.69, 9.17) is 16.7 Å². The van der Waals surface area contributed by atoms with E-state index < -0.39 is 14.8 Å². The number of hydrogen-bond donors (Lipinski definition) is 2. The summed E-state index contributed by atoms with van der Waals surface area (Å²) < 4.78 is 22.3. The molecule has 1 aliphatic carbocycles. The third-order valence-corrected chi connectivity index (χ3v) is 5.77. The highest BCUT2D eigenvalue weighted by molar-refractivity contribution is 7.90. The van der Waals surface area contributed by atoms with Gasteiger partial charge in [0.15, 0.2) is 0 Å². The standard InChI is InChI=1S/C11H16ClN3O2S/c1-8-3-6-14-10(9(8)12)15-7-11(4-2-5-11)18(13,16)17/h3,6H,2,4-5,7H2,1H3,(H,14,15)(H2,13,16,17). The van der Waals surface area contributed by atoms with E-state index in [9.17, 15) is 8.42 Å². The zero-order valence-electron chi connectivity index (χ0n) is 10.1. The Morgan fingerprint density at radius 2 is 2.22 bits per heavy atom. The molecule has 1 saturated carbocycles. The number of nitrogens with zero attached hydrogens (tertiary/aromatic N) is 1. The van der Waals surface area contributed by atoms with Crippen LogP contribution in [-0.2, 0) is 10.0 Å². The molecule has 1 aromatic heterocycles. The van der Waals surface area contributed by atoms with Gasteiger partial charge in [0.05, 0.1) is 5.02 Å². The number of halogens is 1. The fraction of sp³-hybridized carbons (Fsp3) is 0.545. The van der Waals surface area contributed by atoms with Gasteiger partial charge in [-0.15, -0.1) is 0 Å². The van der Waals surface area contributed by atoms with Crippen molar-refractivity contribution in [2.45, 2.75) is 30.9 Å². The molecule has 0 radical (unpaired) electrons. The second-order valence-corrected chi connectivity index (χ2v) is 7.06. The van der Waals surface area contributed by atoms with Crippen LogP contribution < -0.4 is 10.5 Å². The molecular weight excluding hydrogens is 274 g/mol. The number of pyridine rings is 1. The molecule has 0 unspecified atom stereocenters. The Hall–Kier alpha value is -0.850. The van der Waals surface area contributed by atoms with Gasteiger partial charge < -0.3 is 5.32 Å². The topological polar surface area (TPSA) is 85.1 Å². The van der Waals surface area contributed by atoms with Crippen molar-refractivity contribution in [1.29, 1.82) is 0 Å². The highest BCUT2D eigenvalue weighted by Gasteiger charge is 2.47. The van der Waals surface area contributed by atoms with Crippen molar-refractivity contribution < 1.29 is 8.42 Å². The van der Waals surface area contributed by atoms with E-state index in [1.54, 1.807) is 12.3 Å². The van der Waals surface area contributed by atoms with Crippen LogP contribution in [-0.4, -0.2) is 24.7 Å². The number of anilines is 1. The van der Waals surface area contributed by atoms with Crippen LogP contribution in [0, 0.1) is 6.92 Å². The average Bonchev–Trinajstić information content (AvgIpc) is 2.20. The number of primary sulfonamides is 1. The van der Waals surface area contributed by atoms with Gasteiger partial charge in [0.25, 0.3) is 0 Å². The van der Waals surface area contributed by atoms with Crippen molar-refractivity contribution in [2.75, 3.05) is 11.9 Å². The molecule has 0 saturated heterocycles. The van der Waals surface area contributed by atoms with Crippen LogP contribution in [0.15, 0.2) is 12.3 Å². The molecule has 7 heteroatoms. The Labute approximate surface area is 112 Å². The molecule has 1 aromatic rings. The second kappa shape index (κ2) is 4.68. The average molecular weight is 290 g/mol. The molecule has 2 rings (SSSR count). The summed E-state index contributed by atoms with van der Waals surface area (Å²) in [6.45, 7) is 2.12. The molecule has 5 nitrogen and oxygen atoms in total. The third-order valence-electron chi connectivity index (χ3n) is 3.53. The fourth-order valence-corrected chi connectivity index (χ4v) is 3.35. The molecule has 100 valence electrons. The van der Waals surface area contributed by atoms with Crippen molar-refractivity contribution in [1.82, 2.24) is 4.98 Å². The first kappa shape index (κ1) is 13.6. The van der Waals surface area contributed by atoms with Gasteiger partial charge in [-0.2, -0.15) is 0 Å². The number of sulfonamides is 1. The van der Waals surface area contributed by atoms with E-state index in [0.29, 0.717) is 23.7 Å². The molecule has 0 amide bonds. The SMILES string of the molecule is Cc1ccnc(NCC2(S(N)(=O)=O)CCC2)c1Cl. The van der Waals surface area contributed by atoms with Crippen molar-refractivity contribution in [3.63, 3.8) is 0 Å². The Morgan fingerprint density at radius 3 is 2.72 bits per heavy atom. The molecule has 1 aliphatic rings. The summed E-state index contributed by atoms with van der Waals surface area (Å²) in [6.07, 6.45) is 3.69. The van der Waals surface area contributed by atoms with Crippen LogP contribution in [0.25, 0.3) is 0 Å². The van der Waals surface area contributed by atoms with Gasteiger partial charge in [-0.25, -0.2) is 18.5 Å². The molecule has 0 spiro atoms. The minimum absolute atomic E-state index is 0.252. The van der Waals surface area contributed by atoms with Crippen LogP contribution in [0.1, 0.15) is 24.8 Å². The van der Waals surface area contributed by atoms with Crippen LogP contribution >= 0.6 is 11.6 Å². The summed E-state index contributed by atoms with van der Waals surface area (Å²) in [5.41, 5.74) is 0.896. The monoisotopic (exact) mass is 289 g/mol. The van der Waals surface area contributed by atoms with E-state index in [1.807, 2.05) is 6.92 Å². The number of nitrogens with one attached hydrogen (secondary N) is 1. The lowest BCUT2D eigenvalue weighted by Crippen LogP contribution is -2.53. The molecular formula is C11H16ClN3O2S. The van der Waals surface area contributed by atoms with Gasteiger partial charge in [-0.05, 0) is 31.4 Å². The molecule has 18 heavy (non-hydrogen) atoms. The first-order valence-corrected chi connectivity index (χ1v) is 7.65. The smallest absolute Gasteiger partial charge is 0.216 e. The van der Waals surface area contributed by atoms with Gasteiger partial charge in [-0.3, -0.25) is 0 Å². The van der Waals surface area contributed by atoms with E-state index in [2.05, 4.69) is 10.3 Å². The van der Waals surface area contributed by atoms with Crippen LogP contribution in [0.2, 0.25) is 5.02 Å². The van der Waals surface area contributed by atoms with Crippen molar-refractivity contribution >= 4 is 27.4 Å². The Balaban J connectivity index is 2.14. The van der Waals surface area contributed by atoms with Crippen LogP contribution in [0.3, 0.4) is 0 Å². The molecule has 3 N–H and O–H groups in total. The predicted molar refractivity (Wildman–Crippen MR) is 72.2 cm³/mol. The molecule has 0 aromatic carbocycles. The van der Waals surface area contributed by atoms with E-state index in [0.717, 1.165) is 12.0 Å². The summed E-state index contributed by atoms with van der Waals surface area (Å²) in [5, 5.41) is 8.80. The molecule has 0 aliphatic heterocycles. The molecule has 1 fully saturated rings. The maximum absolute atomic E-state index is 11.6. The van der Waals surface area contributed by atoms with E-state index in [1.165, 1.54) is 0 Å². The van der Waals surface area contributed by atoms with Gasteiger partial charge in [0.2, 0.25) is 10.0 Å². The number of rotatable bonds is 4. The Bertz CT molecular complexity index is 555. The van der Waals surface area contributed by atoms with Gasteiger partial charge >= 0.3 is 0 Å². The minimum atomic E-state index is -3.55. The molecule has 0 atom stereocenters.